The molecule has 1 aliphatic rings. The van der Waals surface area contributed by atoms with Crippen LogP contribution in [-0.2, 0) is 6.42 Å². The van der Waals surface area contributed by atoms with Crippen molar-refractivity contribution in [3.8, 4) is 0 Å². The van der Waals surface area contributed by atoms with Gasteiger partial charge >= 0.3 is 0 Å². The molecule has 0 amide bonds. The quantitative estimate of drug-likeness (QED) is 0.760. The number of rotatable bonds is 6. The van der Waals surface area contributed by atoms with E-state index in [-0.39, 0.29) is 0 Å². The van der Waals surface area contributed by atoms with Gasteiger partial charge in [0.25, 0.3) is 0 Å². The molecule has 1 heterocycles. The second-order valence-electron chi connectivity index (χ2n) is 5.84. The van der Waals surface area contributed by atoms with E-state index in [1.165, 1.54) is 55.6 Å². The van der Waals surface area contributed by atoms with Crippen LogP contribution in [0.15, 0.2) is 18.2 Å². The molecule has 1 aromatic carbocycles. The van der Waals surface area contributed by atoms with E-state index in [1.807, 2.05) is 0 Å². The zero-order chi connectivity index (χ0) is 13.7. The second-order valence-corrected chi connectivity index (χ2v) is 5.84. The number of nitrogens with one attached hydrogen (secondary N) is 1. The number of fused-ring (bicyclic) bond motifs is 1. The topological polar surface area (TPSA) is 15.3 Å². The fourth-order valence-corrected chi connectivity index (χ4v) is 2.92. The Hall–Kier alpha value is -1.18. The lowest BCUT2D eigenvalue weighted by atomic mass is 10.0. The summed E-state index contributed by atoms with van der Waals surface area (Å²) in [4.78, 5) is 2.56. The molecule has 1 N–H and O–H groups in total. The molecule has 0 aromatic heterocycles. The number of nitrogens with zero attached hydrogens (tertiary/aromatic N) is 1. The number of hydrogen-bond donors (Lipinski definition) is 1. The van der Waals surface area contributed by atoms with Crippen molar-refractivity contribution < 1.29 is 0 Å². The molecule has 0 saturated heterocycles. The van der Waals surface area contributed by atoms with Gasteiger partial charge in [-0.2, -0.15) is 0 Å². The van der Waals surface area contributed by atoms with Crippen LogP contribution in [0.25, 0.3) is 0 Å². The van der Waals surface area contributed by atoms with Crippen LogP contribution in [0.4, 0.5) is 11.4 Å². The second kappa shape index (κ2) is 6.83. The normalized spacial score (nSPS) is 14.1. The zero-order valence-electron chi connectivity index (χ0n) is 12.7. The van der Waals surface area contributed by atoms with Crippen molar-refractivity contribution in [1.82, 2.24) is 0 Å². The molecule has 1 aliphatic heterocycles. The van der Waals surface area contributed by atoms with E-state index in [9.17, 15) is 0 Å². The van der Waals surface area contributed by atoms with Gasteiger partial charge in [-0.15, -0.1) is 0 Å². The van der Waals surface area contributed by atoms with E-state index in [2.05, 4.69) is 49.2 Å². The molecule has 2 heteroatoms. The number of para-hydroxylation sites is 1. The van der Waals surface area contributed by atoms with Crippen LogP contribution in [-0.4, -0.2) is 19.1 Å². The highest BCUT2D eigenvalue weighted by atomic mass is 15.2. The first-order chi connectivity index (χ1) is 9.24. The lowest BCUT2D eigenvalue weighted by Gasteiger charge is -2.33. The van der Waals surface area contributed by atoms with Crippen LogP contribution >= 0.6 is 0 Å². The molecule has 0 aliphatic carbocycles. The summed E-state index contributed by atoms with van der Waals surface area (Å²) in [6.45, 7) is 9.16. The largest absolute Gasteiger partial charge is 0.383 e. The number of anilines is 2. The summed E-state index contributed by atoms with van der Waals surface area (Å²) in [6.07, 6.45) is 6.38. The molecule has 0 spiro atoms. The van der Waals surface area contributed by atoms with E-state index in [0.717, 1.165) is 6.54 Å². The summed E-state index contributed by atoms with van der Waals surface area (Å²) < 4.78 is 0. The Morgan fingerprint density at radius 3 is 2.84 bits per heavy atom. The Morgan fingerprint density at radius 2 is 2.11 bits per heavy atom. The lowest BCUT2D eigenvalue weighted by Crippen LogP contribution is -2.33. The van der Waals surface area contributed by atoms with E-state index in [4.69, 9.17) is 0 Å². The Morgan fingerprint density at radius 1 is 1.26 bits per heavy atom. The van der Waals surface area contributed by atoms with Gasteiger partial charge in [0.2, 0.25) is 0 Å². The van der Waals surface area contributed by atoms with Gasteiger partial charge in [-0.05, 0) is 44.7 Å². The van der Waals surface area contributed by atoms with Gasteiger partial charge in [0, 0.05) is 19.1 Å². The third kappa shape index (κ3) is 3.43. The van der Waals surface area contributed by atoms with Gasteiger partial charge < -0.3 is 10.2 Å². The van der Waals surface area contributed by atoms with Gasteiger partial charge in [0.1, 0.15) is 0 Å². The molecule has 1 aromatic rings. The molecule has 0 atom stereocenters. The highest BCUT2D eigenvalue weighted by Gasteiger charge is 2.18. The minimum absolute atomic E-state index is 0.562. The Balaban J connectivity index is 2.21. The molecule has 0 fully saturated rings. The molecular weight excluding hydrogens is 232 g/mol. The highest BCUT2D eigenvalue weighted by molar-refractivity contribution is 5.74. The highest BCUT2D eigenvalue weighted by Crippen LogP contribution is 2.34. The summed E-state index contributed by atoms with van der Waals surface area (Å²) in [5.74, 6) is 0. The van der Waals surface area contributed by atoms with Gasteiger partial charge in [-0.1, -0.05) is 31.9 Å². The van der Waals surface area contributed by atoms with Crippen LogP contribution < -0.4 is 10.2 Å². The molecule has 0 saturated carbocycles. The molecule has 0 bridgehead atoms. The monoisotopic (exact) mass is 260 g/mol. The predicted octanol–water partition coefficient (Wildman–Crippen LogP) is 4.45. The van der Waals surface area contributed by atoms with Crippen LogP contribution in [0.5, 0.6) is 0 Å². The summed E-state index contributed by atoms with van der Waals surface area (Å²) in [6, 6.07) is 7.33. The maximum atomic E-state index is 3.62. The van der Waals surface area contributed by atoms with Crippen molar-refractivity contribution >= 4 is 11.4 Å². The molecule has 19 heavy (non-hydrogen) atoms. The van der Waals surface area contributed by atoms with Crippen LogP contribution in [0.3, 0.4) is 0 Å². The third-order valence-electron chi connectivity index (χ3n) is 3.99. The van der Waals surface area contributed by atoms with Crippen molar-refractivity contribution in [1.29, 1.82) is 0 Å². The van der Waals surface area contributed by atoms with E-state index in [1.54, 1.807) is 0 Å². The first kappa shape index (κ1) is 14.2. The Kier molecular flexibility index (Phi) is 5.12. The third-order valence-corrected chi connectivity index (χ3v) is 3.99. The van der Waals surface area contributed by atoms with Gasteiger partial charge in [0.15, 0.2) is 0 Å². The molecule has 2 rings (SSSR count). The fraction of sp³-hybridized carbons (Fsp3) is 0.647. The van der Waals surface area contributed by atoms with Crippen LogP contribution in [0, 0.1) is 0 Å². The minimum atomic E-state index is 0.562. The van der Waals surface area contributed by atoms with Gasteiger partial charge in [0.05, 0.1) is 11.4 Å². The molecule has 2 nitrogen and oxygen atoms in total. The van der Waals surface area contributed by atoms with Crippen LogP contribution in [0.2, 0.25) is 0 Å². The SMILES string of the molecule is CCCCCN(c1cccc2c1NCCC2)C(C)C. The van der Waals surface area contributed by atoms with Crippen molar-refractivity contribution in [2.45, 2.75) is 58.9 Å². The molecule has 106 valence electrons. The van der Waals surface area contributed by atoms with Crippen molar-refractivity contribution in [2.24, 2.45) is 0 Å². The Labute approximate surface area is 118 Å². The average molecular weight is 260 g/mol. The van der Waals surface area contributed by atoms with Crippen molar-refractivity contribution in [3.63, 3.8) is 0 Å². The van der Waals surface area contributed by atoms with Crippen molar-refractivity contribution in [3.05, 3.63) is 23.8 Å². The number of aryl methyl sites for hydroxylation is 1. The molecule has 0 radical (unpaired) electrons. The zero-order valence-corrected chi connectivity index (χ0v) is 12.7. The van der Waals surface area contributed by atoms with E-state index < -0.39 is 0 Å². The number of unbranched alkanes of at least 4 members (excludes halogenated alkanes) is 2. The number of benzene rings is 1. The lowest BCUT2D eigenvalue weighted by molar-refractivity contribution is 0.625. The van der Waals surface area contributed by atoms with E-state index in [0.29, 0.717) is 6.04 Å². The Bertz CT molecular complexity index is 398. The summed E-state index contributed by atoms with van der Waals surface area (Å²) in [5, 5.41) is 3.62. The van der Waals surface area contributed by atoms with Crippen molar-refractivity contribution in [2.75, 3.05) is 23.3 Å². The molecular formula is C17H28N2. The smallest absolute Gasteiger partial charge is 0.0610 e. The summed E-state index contributed by atoms with van der Waals surface area (Å²) in [7, 11) is 0. The summed E-state index contributed by atoms with van der Waals surface area (Å²) >= 11 is 0. The standard InChI is InChI=1S/C17H28N2/c1-4-5-6-13-19(14(2)3)16-11-7-9-15-10-8-12-18-17(15)16/h7,9,11,14,18H,4-6,8,10,12-13H2,1-3H3. The number of hydrogen-bond acceptors (Lipinski definition) is 2. The molecule has 0 unspecified atom stereocenters. The maximum absolute atomic E-state index is 3.62. The van der Waals surface area contributed by atoms with Crippen LogP contribution in [0.1, 0.15) is 52.0 Å². The minimum Gasteiger partial charge on any atom is -0.383 e. The fourth-order valence-electron chi connectivity index (χ4n) is 2.92. The van der Waals surface area contributed by atoms with Gasteiger partial charge in [-0.3, -0.25) is 0 Å². The van der Waals surface area contributed by atoms with Gasteiger partial charge in [-0.25, -0.2) is 0 Å². The summed E-state index contributed by atoms with van der Waals surface area (Å²) in [5.41, 5.74) is 4.28. The van der Waals surface area contributed by atoms with E-state index >= 15 is 0 Å². The average Bonchev–Trinajstić information content (AvgIpc) is 2.43. The predicted molar refractivity (Wildman–Crippen MR) is 85.3 cm³/mol. The first-order valence-electron chi connectivity index (χ1n) is 7.86. The maximum Gasteiger partial charge on any atom is 0.0610 e. The first-order valence-corrected chi connectivity index (χ1v) is 7.86.